The Morgan fingerprint density at radius 3 is 2.62 bits per heavy atom. The smallest absolute Gasteiger partial charge is 0.335 e. The number of aryl methyl sites for hydroxylation is 1. The number of carboxylic acid groups (broad SMARTS) is 1. The van der Waals surface area contributed by atoms with E-state index in [2.05, 4.69) is 12.6 Å². The van der Waals surface area contributed by atoms with Crippen molar-refractivity contribution in [3.63, 3.8) is 0 Å². The number of aromatic hydroxyl groups is 1. The molecule has 0 fully saturated rings. The predicted molar refractivity (Wildman–Crippen MR) is 51.7 cm³/mol. The molecule has 0 aromatic heterocycles. The van der Waals surface area contributed by atoms with Crippen LogP contribution in [0.25, 0.3) is 0 Å². The lowest BCUT2D eigenvalue weighted by Gasteiger charge is -2.05. The van der Waals surface area contributed by atoms with Crippen LogP contribution in [0.2, 0.25) is 0 Å². The summed E-state index contributed by atoms with van der Waals surface area (Å²) in [5.74, 6) is -0.944. The molecule has 13 heavy (non-hydrogen) atoms. The largest absolute Gasteiger partial charge is 0.507 e. The number of hydrogen-bond donors (Lipinski definition) is 3. The zero-order valence-corrected chi connectivity index (χ0v) is 8.01. The number of carboxylic acids is 1. The summed E-state index contributed by atoms with van der Waals surface area (Å²) in [6, 6.07) is 2.79. The van der Waals surface area contributed by atoms with Crippen LogP contribution >= 0.6 is 12.6 Å². The molecule has 0 heterocycles. The van der Waals surface area contributed by atoms with Gasteiger partial charge in [-0.25, -0.2) is 4.79 Å². The second kappa shape index (κ2) is 3.70. The monoisotopic (exact) mass is 198 g/mol. The molecule has 0 aliphatic rings. The highest BCUT2D eigenvalue weighted by molar-refractivity contribution is 7.80. The van der Waals surface area contributed by atoms with Gasteiger partial charge in [0.25, 0.3) is 0 Å². The lowest BCUT2D eigenvalue weighted by molar-refractivity contribution is 0.0696. The van der Waals surface area contributed by atoms with Gasteiger partial charge >= 0.3 is 5.97 Å². The summed E-state index contributed by atoms with van der Waals surface area (Å²) in [6.07, 6.45) is 0.584. The molecule has 1 aromatic rings. The number of aromatic carboxylic acids is 1. The van der Waals surface area contributed by atoms with E-state index in [-0.39, 0.29) is 11.3 Å². The molecule has 0 aliphatic heterocycles. The Kier molecular flexibility index (Phi) is 2.83. The van der Waals surface area contributed by atoms with Crippen LogP contribution in [0.3, 0.4) is 0 Å². The predicted octanol–water partition coefficient (Wildman–Crippen LogP) is 1.94. The first-order chi connectivity index (χ1) is 6.06. The van der Waals surface area contributed by atoms with E-state index in [9.17, 15) is 9.90 Å². The Morgan fingerprint density at radius 1 is 1.54 bits per heavy atom. The zero-order valence-electron chi connectivity index (χ0n) is 7.11. The van der Waals surface area contributed by atoms with Crippen molar-refractivity contribution in [3.05, 3.63) is 23.3 Å². The summed E-state index contributed by atoms with van der Waals surface area (Å²) < 4.78 is 0. The van der Waals surface area contributed by atoms with Gasteiger partial charge in [-0.3, -0.25) is 0 Å². The van der Waals surface area contributed by atoms with E-state index in [0.717, 1.165) is 0 Å². The fourth-order valence-electron chi connectivity index (χ4n) is 1.07. The van der Waals surface area contributed by atoms with Gasteiger partial charge in [0.2, 0.25) is 0 Å². The van der Waals surface area contributed by atoms with E-state index >= 15 is 0 Å². The quantitative estimate of drug-likeness (QED) is 0.636. The molecule has 4 heteroatoms. The number of phenolic OH excluding ortho intramolecular Hbond substituents is 1. The number of carbonyl (C=O) groups is 1. The maximum absolute atomic E-state index is 10.6. The summed E-state index contributed by atoms with van der Waals surface area (Å²) in [6.45, 7) is 1.84. The van der Waals surface area contributed by atoms with Gasteiger partial charge in [-0.15, -0.1) is 12.6 Å². The normalized spacial score (nSPS) is 10.0. The first-order valence-corrected chi connectivity index (χ1v) is 4.29. The third kappa shape index (κ3) is 1.95. The van der Waals surface area contributed by atoms with Gasteiger partial charge in [0.05, 0.1) is 5.56 Å². The Bertz CT molecular complexity index is 347. The Morgan fingerprint density at radius 2 is 2.15 bits per heavy atom. The van der Waals surface area contributed by atoms with Crippen LogP contribution < -0.4 is 0 Å². The molecule has 2 N–H and O–H groups in total. The fourth-order valence-corrected chi connectivity index (χ4v) is 1.35. The lowest BCUT2D eigenvalue weighted by Crippen LogP contribution is -1.98. The van der Waals surface area contributed by atoms with Gasteiger partial charge in [-0.1, -0.05) is 6.92 Å². The van der Waals surface area contributed by atoms with Crippen molar-refractivity contribution in [2.45, 2.75) is 18.2 Å². The molecular formula is C9H10O3S. The fraction of sp³-hybridized carbons (Fsp3) is 0.222. The summed E-state index contributed by atoms with van der Waals surface area (Å²) >= 11 is 3.97. The molecule has 1 aromatic carbocycles. The Labute approximate surface area is 81.4 Å². The van der Waals surface area contributed by atoms with Crippen LogP contribution in [-0.2, 0) is 6.42 Å². The topological polar surface area (TPSA) is 57.5 Å². The molecule has 1 rings (SSSR count). The highest BCUT2D eigenvalue weighted by atomic mass is 32.1. The van der Waals surface area contributed by atoms with E-state index in [1.807, 2.05) is 6.92 Å². The molecule has 0 unspecified atom stereocenters. The number of benzene rings is 1. The summed E-state index contributed by atoms with van der Waals surface area (Å²) in [4.78, 5) is 10.9. The molecule has 0 radical (unpaired) electrons. The van der Waals surface area contributed by atoms with E-state index in [1.54, 1.807) is 0 Å². The zero-order chi connectivity index (χ0) is 10.0. The molecule has 70 valence electrons. The first-order valence-electron chi connectivity index (χ1n) is 3.84. The molecule has 0 spiro atoms. The summed E-state index contributed by atoms with van der Waals surface area (Å²) in [7, 11) is 0. The van der Waals surface area contributed by atoms with Crippen molar-refractivity contribution in [1.82, 2.24) is 0 Å². The van der Waals surface area contributed by atoms with Gasteiger partial charge in [-0.05, 0) is 24.1 Å². The van der Waals surface area contributed by atoms with Crippen LogP contribution in [0.5, 0.6) is 5.75 Å². The van der Waals surface area contributed by atoms with E-state index in [0.29, 0.717) is 16.9 Å². The Balaban J connectivity index is 3.30. The molecule has 0 amide bonds. The number of rotatable bonds is 2. The van der Waals surface area contributed by atoms with Crippen LogP contribution in [0.15, 0.2) is 17.0 Å². The van der Waals surface area contributed by atoms with Crippen LogP contribution in [0, 0.1) is 0 Å². The SMILES string of the molecule is CCc1cc(C(=O)O)cc(S)c1O. The number of phenols is 1. The van der Waals surface area contributed by atoms with Gasteiger partial charge in [0.15, 0.2) is 0 Å². The molecular weight excluding hydrogens is 188 g/mol. The van der Waals surface area contributed by atoms with Crippen LogP contribution in [0.1, 0.15) is 22.8 Å². The van der Waals surface area contributed by atoms with Gasteiger partial charge in [-0.2, -0.15) is 0 Å². The average molecular weight is 198 g/mol. The average Bonchev–Trinajstić information content (AvgIpc) is 2.09. The highest BCUT2D eigenvalue weighted by Crippen LogP contribution is 2.27. The lowest BCUT2D eigenvalue weighted by atomic mass is 10.1. The molecule has 3 nitrogen and oxygen atoms in total. The molecule has 0 aliphatic carbocycles. The first kappa shape index (κ1) is 9.92. The van der Waals surface area contributed by atoms with Crippen LogP contribution in [0.4, 0.5) is 0 Å². The summed E-state index contributed by atoms with van der Waals surface area (Å²) in [5.41, 5.74) is 0.754. The molecule has 0 saturated heterocycles. The third-order valence-corrected chi connectivity index (χ3v) is 2.14. The van der Waals surface area contributed by atoms with Crippen molar-refractivity contribution in [1.29, 1.82) is 0 Å². The van der Waals surface area contributed by atoms with Crippen molar-refractivity contribution in [2.75, 3.05) is 0 Å². The number of hydrogen-bond acceptors (Lipinski definition) is 3. The van der Waals surface area contributed by atoms with E-state index in [1.165, 1.54) is 12.1 Å². The van der Waals surface area contributed by atoms with Gasteiger partial charge < -0.3 is 10.2 Å². The number of thiol groups is 1. The minimum absolute atomic E-state index is 0.0656. The standard InChI is InChI=1S/C9H10O3S/c1-2-5-3-6(9(11)12)4-7(13)8(5)10/h3-4,10,13H,2H2,1H3,(H,11,12). The second-order valence-corrected chi connectivity index (χ2v) is 3.14. The van der Waals surface area contributed by atoms with Crippen molar-refractivity contribution in [2.24, 2.45) is 0 Å². The van der Waals surface area contributed by atoms with Crippen molar-refractivity contribution >= 4 is 18.6 Å². The highest BCUT2D eigenvalue weighted by Gasteiger charge is 2.10. The van der Waals surface area contributed by atoms with Crippen LogP contribution in [-0.4, -0.2) is 16.2 Å². The van der Waals surface area contributed by atoms with E-state index in [4.69, 9.17) is 5.11 Å². The van der Waals surface area contributed by atoms with Gasteiger partial charge in [0, 0.05) is 4.90 Å². The maximum Gasteiger partial charge on any atom is 0.335 e. The molecule has 0 atom stereocenters. The summed E-state index contributed by atoms with van der Waals surface area (Å²) in [5, 5.41) is 18.1. The van der Waals surface area contributed by atoms with E-state index < -0.39 is 5.97 Å². The van der Waals surface area contributed by atoms with Crippen molar-refractivity contribution in [3.8, 4) is 5.75 Å². The van der Waals surface area contributed by atoms with Gasteiger partial charge in [0.1, 0.15) is 5.75 Å². The second-order valence-electron chi connectivity index (χ2n) is 2.66. The molecule has 0 bridgehead atoms. The minimum atomic E-state index is -1.01. The van der Waals surface area contributed by atoms with Crippen molar-refractivity contribution < 1.29 is 15.0 Å². The third-order valence-electron chi connectivity index (χ3n) is 1.80. The Hall–Kier alpha value is -1.16. The minimum Gasteiger partial charge on any atom is -0.507 e. The molecule has 0 saturated carbocycles. The maximum atomic E-state index is 10.6.